The van der Waals surface area contributed by atoms with Gasteiger partial charge in [0.2, 0.25) is 11.7 Å². The third-order valence-electron chi connectivity index (χ3n) is 4.95. The van der Waals surface area contributed by atoms with Gasteiger partial charge in [-0.3, -0.25) is 19.1 Å². The summed E-state index contributed by atoms with van der Waals surface area (Å²) < 4.78 is 14.9. The summed E-state index contributed by atoms with van der Waals surface area (Å²) >= 11 is 0. The van der Waals surface area contributed by atoms with E-state index in [0.29, 0.717) is 11.1 Å². The number of halogens is 1. The number of nitrogens with one attached hydrogen (secondary N) is 1. The number of nitrogens with zero attached hydrogens (tertiary/aromatic N) is 3. The van der Waals surface area contributed by atoms with Crippen LogP contribution in [0, 0.1) is 24.2 Å². The van der Waals surface area contributed by atoms with E-state index < -0.39 is 23.0 Å². The number of hydrogen-bond acceptors (Lipinski definition) is 6. The zero-order valence-electron chi connectivity index (χ0n) is 18.3. The molecule has 0 fully saturated rings. The van der Waals surface area contributed by atoms with Crippen LogP contribution in [0.4, 0.5) is 10.2 Å². The first kappa shape index (κ1) is 23.3. The van der Waals surface area contributed by atoms with Gasteiger partial charge >= 0.3 is 5.69 Å². The molecule has 0 radical (unpaired) electrons. The van der Waals surface area contributed by atoms with Crippen LogP contribution in [0.5, 0.6) is 0 Å². The first-order valence-corrected chi connectivity index (χ1v) is 10.1. The minimum atomic E-state index is -0.827. The molecule has 168 valence electrons. The van der Waals surface area contributed by atoms with E-state index in [4.69, 9.17) is 11.0 Å². The molecule has 3 aromatic rings. The highest BCUT2D eigenvalue weighted by Gasteiger charge is 2.25. The topological polar surface area (TPSA) is 135 Å². The highest BCUT2D eigenvalue weighted by atomic mass is 19.1. The van der Waals surface area contributed by atoms with Crippen LogP contribution in [0.1, 0.15) is 58.1 Å². The molecule has 2 heterocycles. The van der Waals surface area contributed by atoms with Crippen molar-refractivity contribution in [2.75, 3.05) is 5.73 Å². The zero-order valence-corrected chi connectivity index (χ0v) is 18.3. The molecule has 8 nitrogen and oxygen atoms in total. The average molecular weight is 447 g/mol. The first-order chi connectivity index (χ1) is 15.6. The Bertz CT molecular complexity index is 1410. The number of allylic oxidation sites excluding steroid dienone is 1. The minimum Gasteiger partial charge on any atom is -0.384 e. The maximum Gasteiger partial charge on any atom is 0.329 e. The molecular formula is C24H22FN5O3. The second kappa shape index (κ2) is 9.44. The molecule has 0 saturated heterocycles. The molecule has 0 bridgehead atoms. The van der Waals surface area contributed by atoms with Crippen LogP contribution in [-0.4, -0.2) is 20.3 Å². The number of nitrogen functional groups attached to an aromatic ring is 1. The molecule has 9 heteroatoms. The fourth-order valence-corrected chi connectivity index (χ4v) is 3.67. The van der Waals surface area contributed by atoms with Gasteiger partial charge in [0.1, 0.15) is 11.5 Å². The summed E-state index contributed by atoms with van der Waals surface area (Å²) in [5, 5.41) is 8.81. The van der Waals surface area contributed by atoms with E-state index in [1.165, 1.54) is 12.1 Å². The lowest BCUT2D eigenvalue weighted by Gasteiger charge is -2.18. The fraction of sp³-hybridized carbons (Fsp3) is 0.208. The standard InChI is InChI=1S/C24H22FN5O3/c1-13(2)20-21(22(31)17-8-14(3)7-15(9-17)5-4-6-26)30(24(33)29-23(20)32)12-16-10-18(25)28-19(27)11-16/h4-5,7-11,13H,12H2,1-3H3,(H2,27,28)(H,29,32,33). The third kappa shape index (κ3) is 5.13. The van der Waals surface area contributed by atoms with Crippen molar-refractivity contribution in [2.45, 2.75) is 33.2 Å². The second-order valence-electron chi connectivity index (χ2n) is 7.91. The Hall–Kier alpha value is -4.32. The molecule has 0 amide bonds. The molecule has 3 rings (SSSR count). The van der Waals surface area contributed by atoms with Crippen molar-refractivity contribution in [3.63, 3.8) is 0 Å². The van der Waals surface area contributed by atoms with E-state index in [9.17, 15) is 18.8 Å². The molecule has 1 aromatic carbocycles. The molecule has 33 heavy (non-hydrogen) atoms. The molecule has 0 saturated carbocycles. The number of benzene rings is 1. The van der Waals surface area contributed by atoms with Gasteiger partial charge in [-0.25, -0.2) is 9.78 Å². The number of hydrogen-bond donors (Lipinski definition) is 2. The van der Waals surface area contributed by atoms with Crippen LogP contribution >= 0.6 is 0 Å². The van der Waals surface area contributed by atoms with Crippen LogP contribution in [0.15, 0.2) is 46.0 Å². The number of H-pyrrole nitrogens is 1. The summed E-state index contributed by atoms with van der Waals surface area (Å²) in [4.78, 5) is 44.9. The maximum atomic E-state index is 13.8. The summed E-state index contributed by atoms with van der Waals surface area (Å²) in [6.45, 7) is 5.06. The second-order valence-corrected chi connectivity index (χ2v) is 7.91. The summed E-state index contributed by atoms with van der Waals surface area (Å²) in [6, 6.07) is 9.40. The predicted molar refractivity (Wildman–Crippen MR) is 122 cm³/mol. The van der Waals surface area contributed by atoms with E-state index in [0.717, 1.165) is 16.2 Å². The summed E-state index contributed by atoms with van der Waals surface area (Å²) in [5.41, 5.74) is 6.13. The smallest absolute Gasteiger partial charge is 0.329 e. The van der Waals surface area contributed by atoms with Gasteiger partial charge < -0.3 is 5.73 Å². The van der Waals surface area contributed by atoms with Crippen LogP contribution in [0.3, 0.4) is 0 Å². The predicted octanol–water partition coefficient (Wildman–Crippen LogP) is 2.90. The molecule has 0 aliphatic rings. The van der Waals surface area contributed by atoms with Gasteiger partial charge in [-0.15, -0.1) is 0 Å². The van der Waals surface area contributed by atoms with Gasteiger partial charge in [0.05, 0.1) is 12.6 Å². The number of aryl methyl sites for hydroxylation is 1. The Kier molecular flexibility index (Phi) is 6.68. The van der Waals surface area contributed by atoms with Gasteiger partial charge in [0.25, 0.3) is 5.56 Å². The number of rotatable bonds is 6. The highest BCUT2D eigenvalue weighted by Crippen LogP contribution is 2.21. The van der Waals surface area contributed by atoms with Gasteiger partial charge in [0, 0.05) is 17.2 Å². The number of anilines is 1. The number of ketones is 1. The van der Waals surface area contributed by atoms with Crippen molar-refractivity contribution < 1.29 is 9.18 Å². The number of nitriles is 1. The van der Waals surface area contributed by atoms with Crippen molar-refractivity contribution in [3.05, 3.63) is 96.7 Å². The van der Waals surface area contributed by atoms with E-state index in [2.05, 4.69) is 9.97 Å². The third-order valence-corrected chi connectivity index (χ3v) is 4.95. The molecule has 0 spiro atoms. The van der Waals surface area contributed by atoms with Gasteiger partial charge in [-0.2, -0.15) is 9.65 Å². The van der Waals surface area contributed by atoms with Crippen molar-refractivity contribution >= 4 is 17.7 Å². The Balaban J connectivity index is 2.27. The van der Waals surface area contributed by atoms with Gasteiger partial charge in [0.15, 0.2) is 0 Å². The summed E-state index contributed by atoms with van der Waals surface area (Å²) in [5.74, 6) is -1.83. The SMILES string of the molecule is Cc1cc(C=CC#N)cc(C(=O)c2c(C(C)C)c(=O)[nH]c(=O)n2Cc2cc(N)nc(F)c2)c1. The zero-order chi connectivity index (χ0) is 24.3. The van der Waals surface area contributed by atoms with E-state index in [1.54, 1.807) is 45.0 Å². The van der Waals surface area contributed by atoms with Crippen LogP contribution < -0.4 is 17.0 Å². The quantitative estimate of drug-likeness (QED) is 0.339. The maximum absolute atomic E-state index is 13.8. The van der Waals surface area contributed by atoms with Crippen molar-refractivity contribution in [2.24, 2.45) is 0 Å². The lowest BCUT2D eigenvalue weighted by molar-refractivity contribution is 0.102. The summed E-state index contributed by atoms with van der Waals surface area (Å²) in [6.07, 6.45) is 2.84. The lowest BCUT2D eigenvalue weighted by Crippen LogP contribution is -2.38. The number of carbonyl (C=O) groups excluding carboxylic acids is 1. The van der Waals surface area contributed by atoms with E-state index in [1.807, 2.05) is 6.07 Å². The molecule has 0 unspecified atom stereocenters. The highest BCUT2D eigenvalue weighted by molar-refractivity contribution is 6.09. The Morgan fingerprint density at radius 1 is 1.27 bits per heavy atom. The average Bonchev–Trinajstić information content (AvgIpc) is 2.72. The van der Waals surface area contributed by atoms with Crippen molar-refractivity contribution in [3.8, 4) is 6.07 Å². The number of nitrogens with two attached hydrogens (primary N) is 1. The monoisotopic (exact) mass is 447 g/mol. The largest absolute Gasteiger partial charge is 0.384 e. The molecule has 0 aliphatic heterocycles. The fourth-order valence-electron chi connectivity index (χ4n) is 3.67. The Morgan fingerprint density at radius 2 is 2.00 bits per heavy atom. The number of pyridine rings is 1. The molecule has 0 aliphatic carbocycles. The number of aromatic nitrogens is 3. The minimum absolute atomic E-state index is 0.0768. The molecule has 2 aromatic heterocycles. The van der Waals surface area contributed by atoms with Crippen molar-refractivity contribution in [1.82, 2.24) is 14.5 Å². The molecule has 0 atom stereocenters. The van der Waals surface area contributed by atoms with Crippen LogP contribution in [-0.2, 0) is 6.54 Å². The van der Waals surface area contributed by atoms with Gasteiger partial charge in [-0.1, -0.05) is 19.9 Å². The van der Waals surface area contributed by atoms with Gasteiger partial charge in [-0.05, 0) is 59.9 Å². The first-order valence-electron chi connectivity index (χ1n) is 10.1. The van der Waals surface area contributed by atoms with Crippen LogP contribution in [0.2, 0.25) is 0 Å². The number of aromatic amines is 1. The molecular weight excluding hydrogens is 425 g/mol. The summed E-state index contributed by atoms with van der Waals surface area (Å²) in [7, 11) is 0. The Morgan fingerprint density at radius 3 is 2.64 bits per heavy atom. The normalized spacial score (nSPS) is 11.2. The molecule has 3 N–H and O–H groups in total. The van der Waals surface area contributed by atoms with Crippen LogP contribution in [0.25, 0.3) is 6.08 Å². The van der Waals surface area contributed by atoms with E-state index >= 15 is 0 Å². The van der Waals surface area contributed by atoms with E-state index in [-0.39, 0.29) is 35.1 Å². The number of carbonyl (C=O) groups is 1. The van der Waals surface area contributed by atoms with Crippen molar-refractivity contribution in [1.29, 1.82) is 5.26 Å². The Labute approximate surface area is 188 Å². The lowest BCUT2D eigenvalue weighted by atomic mass is 9.95.